The number of anilines is 1. The smallest absolute Gasteiger partial charge is 0.254 e. The van der Waals surface area contributed by atoms with Crippen LogP contribution in [-0.4, -0.2) is 30.9 Å². The number of amides is 2. The molecule has 0 saturated heterocycles. The summed E-state index contributed by atoms with van der Waals surface area (Å²) in [5.74, 6) is 1.60. The van der Waals surface area contributed by atoms with Gasteiger partial charge in [-0.1, -0.05) is 6.58 Å². The highest BCUT2D eigenvalue weighted by molar-refractivity contribution is 7.17. The van der Waals surface area contributed by atoms with Gasteiger partial charge in [-0.05, 0) is 63.4 Å². The van der Waals surface area contributed by atoms with Gasteiger partial charge in [0, 0.05) is 29.9 Å². The summed E-state index contributed by atoms with van der Waals surface area (Å²) >= 11 is 1.59. The maximum absolute atomic E-state index is 13.0. The van der Waals surface area contributed by atoms with E-state index >= 15 is 0 Å². The topological polar surface area (TPSA) is 82.3 Å². The Morgan fingerprint density at radius 3 is 2.61 bits per heavy atom. The van der Waals surface area contributed by atoms with Crippen LogP contribution in [0.15, 0.2) is 12.4 Å². The van der Waals surface area contributed by atoms with Crippen molar-refractivity contribution in [3.8, 4) is 0 Å². The molecule has 2 amide bonds. The van der Waals surface area contributed by atoms with E-state index in [1.807, 2.05) is 6.92 Å². The van der Waals surface area contributed by atoms with E-state index in [-0.39, 0.29) is 23.8 Å². The lowest BCUT2D eigenvalue weighted by molar-refractivity contribution is -0.117. The minimum atomic E-state index is -0.0401. The number of aryl methyl sites for hydroxylation is 1. The van der Waals surface area contributed by atoms with Gasteiger partial charge < -0.3 is 21.3 Å². The van der Waals surface area contributed by atoms with Crippen LogP contribution < -0.4 is 21.3 Å². The molecule has 2 saturated carbocycles. The zero-order valence-electron chi connectivity index (χ0n) is 16.5. The van der Waals surface area contributed by atoms with Gasteiger partial charge in [0.05, 0.1) is 11.4 Å². The van der Waals surface area contributed by atoms with Crippen molar-refractivity contribution in [3.63, 3.8) is 0 Å². The summed E-state index contributed by atoms with van der Waals surface area (Å²) in [6.07, 6.45) is 7.01. The number of hydrogen-bond acceptors (Lipinski definition) is 5. The van der Waals surface area contributed by atoms with Gasteiger partial charge in [-0.3, -0.25) is 9.59 Å². The Balaban J connectivity index is 1.53. The van der Waals surface area contributed by atoms with E-state index < -0.39 is 0 Å². The van der Waals surface area contributed by atoms with E-state index in [1.165, 1.54) is 17.7 Å². The second-order valence-corrected chi connectivity index (χ2v) is 9.32. The van der Waals surface area contributed by atoms with Crippen molar-refractivity contribution in [1.82, 2.24) is 16.0 Å². The number of thiophene rings is 1. The summed E-state index contributed by atoms with van der Waals surface area (Å²) in [5, 5.41) is 13.5. The first-order valence-corrected chi connectivity index (χ1v) is 11.3. The lowest BCUT2D eigenvalue weighted by Crippen LogP contribution is -2.38. The van der Waals surface area contributed by atoms with Gasteiger partial charge >= 0.3 is 0 Å². The van der Waals surface area contributed by atoms with Crippen LogP contribution in [-0.2, 0) is 17.6 Å². The van der Waals surface area contributed by atoms with Crippen molar-refractivity contribution in [3.05, 3.63) is 28.4 Å². The van der Waals surface area contributed by atoms with Gasteiger partial charge in [0.25, 0.3) is 5.91 Å². The third-order valence-electron chi connectivity index (χ3n) is 5.69. The largest absolute Gasteiger partial charge is 0.373 e. The monoisotopic (exact) mass is 402 g/mol. The standard InChI is InChI=1S/C21H30N4O2S/c1-3-22-12(2)24-15-8-9-17-16(10-15)18(20(27)23-11-13-4-5-13)21(28-17)25-19(26)14-6-7-14/h13-15,22,24H,2-11H2,1H3,(H,23,27)(H,25,26)/t15-/m0/s1. The Morgan fingerprint density at radius 1 is 1.14 bits per heavy atom. The molecule has 4 N–H and O–H groups in total. The fourth-order valence-electron chi connectivity index (χ4n) is 3.75. The molecule has 28 heavy (non-hydrogen) atoms. The van der Waals surface area contributed by atoms with Crippen molar-refractivity contribution in [2.45, 2.75) is 57.9 Å². The fourth-order valence-corrected chi connectivity index (χ4v) is 5.00. The zero-order chi connectivity index (χ0) is 19.7. The van der Waals surface area contributed by atoms with Crippen LogP contribution >= 0.6 is 11.3 Å². The minimum absolute atomic E-state index is 0.0401. The number of fused-ring (bicyclic) bond motifs is 1. The highest BCUT2D eigenvalue weighted by atomic mass is 32.1. The van der Waals surface area contributed by atoms with Crippen LogP contribution in [0.3, 0.4) is 0 Å². The summed E-state index contributed by atoms with van der Waals surface area (Å²) in [6.45, 7) is 7.63. The van der Waals surface area contributed by atoms with Crippen LogP contribution in [0, 0.1) is 11.8 Å². The summed E-state index contributed by atoms with van der Waals surface area (Å²) in [7, 11) is 0. The first-order valence-electron chi connectivity index (χ1n) is 10.5. The average Bonchev–Trinajstić information content (AvgIpc) is 3.56. The fraction of sp³-hybridized carbons (Fsp3) is 0.619. The van der Waals surface area contributed by atoms with Gasteiger partial charge in [-0.2, -0.15) is 0 Å². The first-order chi connectivity index (χ1) is 13.5. The highest BCUT2D eigenvalue weighted by Gasteiger charge is 2.34. The molecule has 1 heterocycles. The van der Waals surface area contributed by atoms with Crippen LogP contribution in [0.4, 0.5) is 5.00 Å². The molecule has 7 heteroatoms. The van der Waals surface area contributed by atoms with E-state index in [1.54, 1.807) is 11.3 Å². The molecule has 6 nitrogen and oxygen atoms in total. The van der Waals surface area contributed by atoms with Crippen molar-refractivity contribution < 1.29 is 9.59 Å². The van der Waals surface area contributed by atoms with Gasteiger partial charge in [-0.25, -0.2) is 0 Å². The van der Waals surface area contributed by atoms with E-state index in [4.69, 9.17) is 0 Å². The maximum atomic E-state index is 13.0. The van der Waals surface area contributed by atoms with Gasteiger partial charge in [-0.15, -0.1) is 11.3 Å². The Kier molecular flexibility index (Phi) is 5.62. The molecule has 0 aromatic carbocycles. The third-order valence-corrected chi connectivity index (χ3v) is 6.90. The number of hydrogen-bond donors (Lipinski definition) is 4. The number of rotatable bonds is 9. The van der Waals surface area contributed by atoms with E-state index in [2.05, 4.69) is 27.8 Å². The summed E-state index contributed by atoms with van der Waals surface area (Å²) in [5.41, 5.74) is 1.78. The van der Waals surface area contributed by atoms with Crippen LogP contribution in [0.1, 0.15) is 59.8 Å². The SMILES string of the molecule is C=C(NCC)N[C@H]1CCc2sc(NC(=O)C3CC3)c(C(=O)NCC3CC3)c2C1. The van der Waals surface area contributed by atoms with Crippen LogP contribution in [0.2, 0.25) is 0 Å². The Morgan fingerprint density at radius 2 is 1.93 bits per heavy atom. The summed E-state index contributed by atoms with van der Waals surface area (Å²) in [4.78, 5) is 26.6. The number of carbonyl (C=O) groups is 2. The molecule has 3 aliphatic rings. The molecule has 3 aliphatic carbocycles. The van der Waals surface area contributed by atoms with Gasteiger partial charge in [0.2, 0.25) is 5.91 Å². The number of carbonyl (C=O) groups excluding carboxylic acids is 2. The van der Waals surface area contributed by atoms with E-state index in [0.717, 1.165) is 61.6 Å². The third kappa shape index (κ3) is 4.51. The second-order valence-electron chi connectivity index (χ2n) is 8.22. The van der Waals surface area contributed by atoms with Crippen molar-refractivity contribution in [1.29, 1.82) is 0 Å². The zero-order valence-corrected chi connectivity index (χ0v) is 17.3. The predicted octanol–water partition coefficient (Wildman–Crippen LogP) is 2.76. The molecule has 1 atom stereocenters. The first kappa shape index (κ1) is 19.3. The maximum Gasteiger partial charge on any atom is 0.254 e. The lowest BCUT2D eigenvalue weighted by atomic mass is 9.91. The average molecular weight is 403 g/mol. The molecule has 0 spiro atoms. The van der Waals surface area contributed by atoms with Crippen molar-refractivity contribution in [2.24, 2.45) is 11.8 Å². The molecule has 1 aromatic rings. The van der Waals surface area contributed by atoms with Crippen molar-refractivity contribution >= 4 is 28.2 Å². The molecule has 0 aliphatic heterocycles. The molecular formula is C21H30N4O2S. The van der Waals surface area contributed by atoms with Crippen molar-refractivity contribution in [2.75, 3.05) is 18.4 Å². The van der Waals surface area contributed by atoms with E-state index in [0.29, 0.717) is 11.5 Å². The molecule has 0 radical (unpaired) electrons. The molecule has 0 unspecified atom stereocenters. The summed E-state index contributed by atoms with van der Waals surface area (Å²) < 4.78 is 0. The Hall–Kier alpha value is -2.02. The van der Waals surface area contributed by atoms with Crippen LogP contribution in [0.25, 0.3) is 0 Å². The Labute approximate surface area is 170 Å². The molecule has 0 bridgehead atoms. The molecule has 4 rings (SSSR count). The van der Waals surface area contributed by atoms with Gasteiger partial charge in [0.15, 0.2) is 0 Å². The van der Waals surface area contributed by atoms with Crippen LogP contribution in [0.5, 0.6) is 0 Å². The van der Waals surface area contributed by atoms with Gasteiger partial charge in [0.1, 0.15) is 5.00 Å². The highest BCUT2D eigenvalue weighted by Crippen LogP contribution is 2.40. The quantitative estimate of drug-likeness (QED) is 0.512. The van der Waals surface area contributed by atoms with E-state index in [9.17, 15) is 9.59 Å². The molecule has 152 valence electrons. The predicted molar refractivity (Wildman–Crippen MR) is 112 cm³/mol. The molecular weight excluding hydrogens is 372 g/mol. The summed E-state index contributed by atoms with van der Waals surface area (Å²) in [6, 6.07) is 0.246. The lowest BCUT2D eigenvalue weighted by Gasteiger charge is -2.26. The Bertz CT molecular complexity index is 780. The second kappa shape index (κ2) is 8.15. The molecule has 1 aromatic heterocycles. The molecule has 2 fully saturated rings. The normalized spacial score (nSPS) is 20.8. The minimum Gasteiger partial charge on any atom is -0.373 e. The number of nitrogens with one attached hydrogen (secondary N) is 4.